The van der Waals surface area contributed by atoms with Gasteiger partial charge in [-0.2, -0.15) is 13.5 Å². The van der Waals surface area contributed by atoms with Crippen molar-refractivity contribution in [2.24, 2.45) is 10.2 Å². The Hall–Kier alpha value is -2.84. The van der Waals surface area contributed by atoms with E-state index < -0.39 is 21.7 Å². The molecule has 8 heteroatoms. The molecule has 0 unspecified atom stereocenters. The highest BCUT2D eigenvalue weighted by Crippen LogP contribution is 2.22. The lowest BCUT2D eigenvalue weighted by molar-refractivity contribution is -0.113. The zero-order valence-corrected chi connectivity index (χ0v) is 13.4. The van der Waals surface area contributed by atoms with Gasteiger partial charge in [0.2, 0.25) is 1.43 Å². The van der Waals surface area contributed by atoms with Crippen molar-refractivity contribution in [2.45, 2.75) is 11.8 Å². The molecule has 0 spiro atoms. The molecule has 0 fully saturated rings. The van der Waals surface area contributed by atoms with Crippen LogP contribution in [0, 0.1) is 0 Å². The Labute approximate surface area is 140 Å². The fourth-order valence-corrected chi connectivity index (χ4v) is 2.27. The Bertz CT molecular complexity index is 923. The molecule has 2 aromatic carbocycles. The number of aliphatic hydroxyl groups excluding tert-OH is 1. The quantitative estimate of drug-likeness (QED) is 0.359. The van der Waals surface area contributed by atoms with Crippen LogP contribution >= 0.6 is 0 Å². The molecule has 0 bridgehead atoms. The van der Waals surface area contributed by atoms with Crippen molar-refractivity contribution < 1.29 is 22.9 Å². The van der Waals surface area contributed by atoms with Crippen LogP contribution in [0.3, 0.4) is 0 Å². The van der Waals surface area contributed by atoms with Crippen molar-refractivity contribution in [3.05, 3.63) is 65.9 Å². The SMILES string of the molecule is [2H]OS(=O)(=O)c1ccc(C(O)=C(N=Nc2ccccc2)C(C)=O)cc1. The molecular formula is C16H14N2O5S. The molecule has 0 radical (unpaired) electrons. The van der Waals surface area contributed by atoms with Gasteiger partial charge in [0.1, 0.15) is 0 Å². The molecule has 124 valence electrons. The van der Waals surface area contributed by atoms with Gasteiger partial charge in [-0.15, -0.1) is 5.11 Å². The van der Waals surface area contributed by atoms with Crippen molar-refractivity contribution in [1.29, 1.82) is 1.43 Å². The van der Waals surface area contributed by atoms with Crippen LogP contribution in [0.4, 0.5) is 5.69 Å². The Balaban J connectivity index is 2.39. The van der Waals surface area contributed by atoms with Crippen molar-refractivity contribution in [2.75, 3.05) is 0 Å². The fraction of sp³-hybridized carbons (Fsp3) is 0.0625. The lowest BCUT2D eigenvalue weighted by atomic mass is 10.1. The Morgan fingerprint density at radius 2 is 1.71 bits per heavy atom. The molecule has 2 N–H and O–H groups in total. The van der Waals surface area contributed by atoms with Gasteiger partial charge in [-0.25, -0.2) is 0 Å². The van der Waals surface area contributed by atoms with Crippen LogP contribution < -0.4 is 0 Å². The first-order valence-corrected chi connectivity index (χ1v) is 8.17. The molecule has 2 rings (SSSR count). The van der Waals surface area contributed by atoms with Gasteiger partial charge >= 0.3 is 0 Å². The number of allylic oxidation sites excluding steroid dienone is 1. The minimum Gasteiger partial charge on any atom is -0.505 e. The number of aliphatic hydroxyl groups is 1. The third kappa shape index (κ3) is 4.34. The molecule has 0 amide bonds. The molecule has 0 aliphatic rings. The van der Waals surface area contributed by atoms with E-state index in [1.165, 1.54) is 19.1 Å². The van der Waals surface area contributed by atoms with Crippen LogP contribution in [0.5, 0.6) is 0 Å². The van der Waals surface area contributed by atoms with Gasteiger partial charge in [-0.1, -0.05) is 18.2 Å². The lowest BCUT2D eigenvalue weighted by Gasteiger charge is -2.04. The summed E-state index contributed by atoms with van der Waals surface area (Å²) in [6, 6.07) is 13.5. The molecule has 0 saturated carbocycles. The predicted molar refractivity (Wildman–Crippen MR) is 87.4 cm³/mol. The average Bonchev–Trinajstić information content (AvgIpc) is 2.62. The second kappa shape index (κ2) is 7.16. The van der Waals surface area contributed by atoms with Crippen LogP contribution in [-0.4, -0.2) is 23.9 Å². The molecular weight excluding hydrogens is 332 g/mol. The number of ketones is 1. The first kappa shape index (κ1) is 16.0. The molecule has 0 heterocycles. The first-order chi connectivity index (χ1) is 11.8. The van der Waals surface area contributed by atoms with Crippen molar-refractivity contribution in [3.8, 4) is 0 Å². The van der Waals surface area contributed by atoms with Gasteiger partial charge in [-0.3, -0.25) is 9.35 Å². The summed E-state index contributed by atoms with van der Waals surface area (Å²) in [5.74, 6) is -0.953. The number of Topliss-reactive ketones (excluding diaryl/α,β-unsaturated/α-hetero) is 1. The van der Waals surface area contributed by atoms with Crippen molar-refractivity contribution in [3.63, 3.8) is 0 Å². The van der Waals surface area contributed by atoms with Gasteiger partial charge in [0.25, 0.3) is 10.1 Å². The number of benzene rings is 2. The number of carbonyl (C=O) groups excluding carboxylic acids is 1. The second-order valence-corrected chi connectivity index (χ2v) is 6.15. The molecule has 0 aromatic heterocycles. The predicted octanol–water partition coefficient (Wildman–Crippen LogP) is 3.53. The van der Waals surface area contributed by atoms with Crippen LogP contribution in [-0.2, 0) is 14.9 Å². The van der Waals surface area contributed by atoms with E-state index in [2.05, 4.69) is 14.8 Å². The number of hydrogen-bond donors (Lipinski definition) is 2. The summed E-state index contributed by atoms with van der Waals surface area (Å²) in [5, 5.41) is 17.9. The zero-order chi connectivity index (χ0) is 18.4. The Kier molecular flexibility index (Phi) is 4.78. The largest absolute Gasteiger partial charge is 0.505 e. The minimum absolute atomic E-state index is 0.168. The Morgan fingerprint density at radius 3 is 2.25 bits per heavy atom. The van der Waals surface area contributed by atoms with Crippen LogP contribution in [0.15, 0.2) is 75.4 Å². The number of nitrogens with zero attached hydrogens (tertiary/aromatic N) is 2. The van der Waals surface area contributed by atoms with Gasteiger partial charge in [0.05, 0.1) is 10.6 Å². The number of hydrogen-bond acceptors (Lipinski definition) is 7. The maximum atomic E-state index is 11.7. The van der Waals surface area contributed by atoms with Gasteiger partial charge in [-0.05, 0) is 36.4 Å². The smallest absolute Gasteiger partial charge is 0.294 e. The highest BCUT2D eigenvalue weighted by atomic mass is 32.2. The number of rotatable bonds is 6. The van der Waals surface area contributed by atoms with E-state index in [4.69, 9.17) is 1.43 Å². The molecule has 2 aromatic rings. The van der Waals surface area contributed by atoms with Gasteiger partial charge in [0.15, 0.2) is 17.2 Å². The molecule has 24 heavy (non-hydrogen) atoms. The molecule has 0 aliphatic heterocycles. The van der Waals surface area contributed by atoms with Crippen LogP contribution in [0.2, 0.25) is 0 Å². The van der Waals surface area contributed by atoms with Crippen LogP contribution in [0.25, 0.3) is 7.19 Å². The number of azo groups is 1. The average molecular weight is 347 g/mol. The maximum absolute atomic E-state index is 11.7. The topological polar surface area (TPSA) is 116 Å². The van der Waals surface area contributed by atoms with Crippen LogP contribution in [0.1, 0.15) is 12.5 Å². The standard InChI is InChI=1S/C16H14N2O5S/c1-11(19)15(18-17-13-5-3-2-4-6-13)16(20)12-7-9-14(10-8-12)24(21,22)23/h2-10,20H,1H3,(H,21,22,23)/i/hD. The highest BCUT2D eigenvalue weighted by molar-refractivity contribution is 7.85. The van der Waals surface area contributed by atoms with Crippen molar-refractivity contribution in [1.82, 2.24) is 0 Å². The second-order valence-electron chi connectivity index (χ2n) is 4.77. The summed E-state index contributed by atoms with van der Waals surface area (Å²) < 4.78 is 33.0. The van der Waals surface area contributed by atoms with E-state index in [-0.39, 0.29) is 16.2 Å². The van der Waals surface area contributed by atoms with E-state index in [0.717, 1.165) is 12.1 Å². The normalized spacial score (nSPS) is 13.5. The van der Waals surface area contributed by atoms with Crippen molar-refractivity contribution >= 4 is 27.3 Å². The minimum atomic E-state index is -4.16. The summed E-state index contributed by atoms with van der Waals surface area (Å²) >= 11 is 0. The summed E-state index contributed by atoms with van der Waals surface area (Å²) in [4.78, 5) is 11.5. The third-order valence-electron chi connectivity index (χ3n) is 3.00. The monoisotopic (exact) mass is 347 g/mol. The fourth-order valence-electron chi connectivity index (χ4n) is 1.80. The summed E-state index contributed by atoms with van der Waals surface area (Å²) in [6.07, 6.45) is 0. The third-order valence-corrected chi connectivity index (χ3v) is 3.85. The maximum Gasteiger partial charge on any atom is 0.294 e. The number of carbonyl (C=O) groups is 1. The zero-order valence-electron chi connectivity index (χ0n) is 13.6. The van der Waals surface area contributed by atoms with E-state index in [0.29, 0.717) is 5.69 Å². The molecule has 0 saturated heterocycles. The summed E-state index contributed by atoms with van der Waals surface area (Å²) in [5.41, 5.74) is 0.403. The molecule has 0 atom stereocenters. The van der Waals surface area contributed by atoms with E-state index in [1.54, 1.807) is 30.3 Å². The molecule has 7 nitrogen and oxygen atoms in total. The lowest BCUT2D eigenvalue weighted by Crippen LogP contribution is -2.00. The Morgan fingerprint density at radius 1 is 1.08 bits per heavy atom. The molecule has 0 aliphatic carbocycles. The van der Waals surface area contributed by atoms with Gasteiger partial charge in [0, 0.05) is 12.5 Å². The highest BCUT2D eigenvalue weighted by Gasteiger charge is 2.15. The van der Waals surface area contributed by atoms with E-state index >= 15 is 0 Å². The first-order valence-electron chi connectivity index (χ1n) is 7.17. The van der Waals surface area contributed by atoms with E-state index in [9.17, 15) is 18.3 Å². The summed E-state index contributed by atoms with van der Waals surface area (Å²) in [7, 11) is -4.16. The van der Waals surface area contributed by atoms with Gasteiger partial charge < -0.3 is 5.11 Å². The summed E-state index contributed by atoms with van der Waals surface area (Å²) in [6.45, 7) is 1.22. The van der Waals surface area contributed by atoms with E-state index in [1.807, 2.05) is 0 Å².